The molecule has 3 nitrogen and oxygen atoms in total. The van der Waals surface area contributed by atoms with Gasteiger partial charge in [0.25, 0.3) is 0 Å². The van der Waals surface area contributed by atoms with Gasteiger partial charge < -0.3 is 0 Å². The second kappa shape index (κ2) is 6.96. The van der Waals surface area contributed by atoms with E-state index < -0.39 is 5.60 Å². The number of hydrogen-bond acceptors (Lipinski definition) is 3. The van der Waals surface area contributed by atoms with E-state index in [9.17, 15) is 0 Å². The first-order valence-electron chi connectivity index (χ1n) is 5.50. The lowest BCUT2D eigenvalue weighted by Gasteiger charge is -2.29. The molecule has 0 aromatic heterocycles. The maximum atomic E-state index is 9.05. The molecule has 3 heteroatoms. The lowest BCUT2D eigenvalue weighted by Crippen LogP contribution is -2.39. The van der Waals surface area contributed by atoms with E-state index in [0.717, 1.165) is 37.9 Å². The van der Waals surface area contributed by atoms with Crippen molar-refractivity contribution in [2.24, 2.45) is 4.99 Å². The Morgan fingerprint density at radius 2 is 1.71 bits per heavy atom. The van der Waals surface area contributed by atoms with Gasteiger partial charge in [-0.1, -0.05) is 26.7 Å². The molecule has 0 aromatic rings. The van der Waals surface area contributed by atoms with E-state index in [-0.39, 0.29) is 0 Å². The summed E-state index contributed by atoms with van der Waals surface area (Å²) in [6.45, 7) is 8.84. The summed E-state index contributed by atoms with van der Waals surface area (Å²) in [6.07, 6.45) is 3.62. The van der Waals surface area contributed by atoms with Crippen LogP contribution in [0, 0.1) is 0 Å². The Labute approximate surface area is 87.1 Å². The van der Waals surface area contributed by atoms with Gasteiger partial charge in [0.05, 0.1) is 0 Å². The largest absolute Gasteiger partial charge is 0.292 e. The summed E-state index contributed by atoms with van der Waals surface area (Å²) >= 11 is 0. The summed E-state index contributed by atoms with van der Waals surface area (Å²) in [7, 11) is 0. The Morgan fingerprint density at radius 3 is 2.00 bits per heavy atom. The zero-order valence-electron chi connectivity index (χ0n) is 9.84. The van der Waals surface area contributed by atoms with E-state index in [1.165, 1.54) is 0 Å². The molecule has 0 unspecified atom stereocenters. The third-order valence-electron chi connectivity index (χ3n) is 2.54. The van der Waals surface area contributed by atoms with Gasteiger partial charge in [-0.15, -0.1) is 0 Å². The molecule has 14 heavy (non-hydrogen) atoms. The van der Waals surface area contributed by atoms with Crippen LogP contribution in [-0.4, -0.2) is 23.1 Å². The lowest BCUT2D eigenvalue weighted by molar-refractivity contribution is -0.303. The van der Waals surface area contributed by atoms with E-state index >= 15 is 0 Å². The first-order valence-corrected chi connectivity index (χ1v) is 5.50. The SMILES string of the molecule is CCCC(CCC)(OO)/C(C)=N/CC. The molecule has 0 spiro atoms. The predicted octanol–water partition coefficient (Wildman–Crippen LogP) is 3.30. The molecule has 0 amide bonds. The standard InChI is InChI=1S/C11H23NO2/c1-5-8-11(14-13,9-6-2)10(4)12-7-3/h13H,5-9H2,1-4H3/b12-10+. The number of hydrogen-bond donors (Lipinski definition) is 1. The van der Waals surface area contributed by atoms with E-state index in [2.05, 4.69) is 18.8 Å². The molecule has 0 saturated carbocycles. The normalized spacial score (nSPS) is 13.4. The highest BCUT2D eigenvalue weighted by molar-refractivity contribution is 5.90. The molecule has 0 heterocycles. The van der Waals surface area contributed by atoms with E-state index in [4.69, 9.17) is 10.1 Å². The third-order valence-corrected chi connectivity index (χ3v) is 2.54. The van der Waals surface area contributed by atoms with Crippen molar-refractivity contribution in [2.75, 3.05) is 6.54 Å². The van der Waals surface area contributed by atoms with Gasteiger partial charge in [0.15, 0.2) is 0 Å². The summed E-state index contributed by atoms with van der Waals surface area (Å²) in [5, 5.41) is 9.05. The number of rotatable bonds is 7. The van der Waals surface area contributed by atoms with Crippen LogP contribution in [0.4, 0.5) is 0 Å². The van der Waals surface area contributed by atoms with Crippen molar-refractivity contribution >= 4 is 5.71 Å². The van der Waals surface area contributed by atoms with Gasteiger partial charge in [-0.25, -0.2) is 4.89 Å². The smallest absolute Gasteiger partial charge is 0.140 e. The molecule has 1 N–H and O–H groups in total. The second-order valence-electron chi connectivity index (χ2n) is 3.65. The van der Waals surface area contributed by atoms with E-state index in [1.807, 2.05) is 13.8 Å². The highest BCUT2D eigenvalue weighted by Gasteiger charge is 2.33. The molecule has 0 atom stereocenters. The highest BCUT2D eigenvalue weighted by atomic mass is 17.1. The Bertz CT molecular complexity index is 172. The van der Waals surface area contributed by atoms with Crippen LogP contribution in [0.15, 0.2) is 4.99 Å². The fraction of sp³-hybridized carbons (Fsp3) is 0.909. The molecular weight excluding hydrogens is 178 g/mol. The summed E-state index contributed by atoms with van der Waals surface area (Å²) in [6, 6.07) is 0. The van der Waals surface area contributed by atoms with Gasteiger partial charge in [-0.2, -0.15) is 0 Å². The van der Waals surface area contributed by atoms with Gasteiger partial charge in [-0.3, -0.25) is 10.2 Å². The molecule has 0 fully saturated rings. The van der Waals surface area contributed by atoms with Crippen molar-refractivity contribution in [3.63, 3.8) is 0 Å². The molecule has 0 radical (unpaired) electrons. The van der Waals surface area contributed by atoms with Crippen LogP contribution in [-0.2, 0) is 4.89 Å². The van der Waals surface area contributed by atoms with Gasteiger partial charge >= 0.3 is 0 Å². The van der Waals surface area contributed by atoms with Crippen molar-refractivity contribution < 1.29 is 10.1 Å². The topological polar surface area (TPSA) is 41.8 Å². The fourth-order valence-corrected chi connectivity index (χ4v) is 1.83. The minimum Gasteiger partial charge on any atom is -0.292 e. The number of aliphatic imine (C=N–C) groups is 1. The summed E-state index contributed by atoms with van der Waals surface area (Å²) in [4.78, 5) is 9.04. The van der Waals surface area contributed by atoms with Gasteiger partial charge in [0.2, 0.25) is 0 Å². The van der Waals surface area contributed by atoms with Crippen LogP contribution < -0.4 is 0 Å². The van der Waals surface area contributed by atoms with Crippen LogP contribution in [0.25, 0.3) is 0 Å². The maximum absolute atomic E-state index is 9.05. The minimum absolute atomic E-state index is 0.542. The molecule has 0 aliphatic carbocycles. The van der Waals surface area contributed by atoms with Crippen molar-refractivity contribution in [3.05, 3.63) is 0 Å². The van der Waals surface area contributed by atoms with Crippen LogP contribution in [0.2, 0.25) is 0 Å². The average molecular weight is 201 g/mol. The fourth-order valence-electron chi connectivity index (χ4n) is 1.83. The summed E-state index contributed by atoms with van der Waals surface area (Å²) < 4.78 is 0. The predicted molar refractivity (Wildman–Crippen MR) is 59.9 cm³/mol. The molecule has 0 bridgehead atoms. The molecular formula is C11H23NO2. The average Bonchev–Trinajstić information content (AvgIpc) is 2.17. The minimum atomic E-state index is -0.542. The Morgan fingerprint density at radius 1 is 1.21 bits per heavy atom. The zero-order valence-corrected chi connectivity index (χ0v) is 9.84. The molecule has 0 rings (SSSR count). The van der Waals surface area contributed by atoms with Crippen molar-refractivity contribution in [1.29, 1.82) is 0 Å². The summed E-state index contributed by atoms with van der Waals surface area (Å²) in [5.41, 5.74) is 0.366. The van der Waals surface area contributed by atoms with Crippen molar-refractivity contribution in [2.45, 2.75) is 59.0 Å². The first kappa shape index (κ1) is 13.6. The van der Waals surface area contributed by atoms with Crippen molar-refractivity contribution in [3.8, 4) is 0 Å². The molecule has 0 aliphatic rings. The first-order chi connectivity index (χ1) is 6.66. The maximum Gasteiger partial charge on any atom is 0.140 e. The van der Waals surface area contributed by atoms with Gasteiger partial charge in [0, 0.05) is 12.3 Å². The Kier molecular flexibility index (Phi) is 6.75. The van der Waals surface area contributed by atoms with Gasteiger partial charge in [0.1, 0.15) is 5.60 Å². The number of nitrogens with zero attached hydrogens (tertiary/aromatic N) is 1. The van der Waals surface area contributed by atoms with Crippen molar-refractivity contribution in [1.82, 2.24) is 0 Å². The lowest BCUT2D eigenvalue weighted by atomic mass is 9.88. The Balaban J connectivity index is 4.71. The third kappa shape index (κ3) is 3.39. The van der Waals surface area contributed by atoms with E-state index in [1.54, 1.807) is 0 Å². The summed E-state index contributed by atoms with van der Waals surface area (Å²) in [5.74, 6) is 0. The molecule has 0 aromatic carbocycles. The van der Waals surface area contributed by atoms with Crippen LogP contribution >= 0.6 is 0 Å². The van der Waals surface area contributed by atoms with Crippen LogP contribution in [0.1, 0.15) is 53.4 Å². The highest BCUT2D eigenvalue weighted by Crippen LogP contribution is 2.25. The zero-order chi connectivity index (χ0) is 11.0. The monoisotopic (exact) mass is 201 g/mol. The van der Waals surface area contributed by atoms with Crippen LogP contribution in [0.3, 0.4) is 0 Å². The van der Waals surface area contributed by atoms with Crippen LogP contribution in [0.5, 0.6) is 0 Å². The van der Waals surface area contributed by atoms with Gasteiger partial charge in [-0.05, 0) is 26.7 Å². The second-order valence-corrected chi connectivity index (χ2v) is 3.65. The Hall–Kier alpha value is -0.410. The molecule has 0 saturated heterocycles. The molecule has 0 aliphatic heterocycles. The molecule has 84 valence electrons. The van der Waals surface area contributed by atoms with E-state index in [0.29, 0.717) is 0 Å². The quantitative estimate of drug-likeness (QED) is 0.390.